The Hall–Kier alpha value is -4.66. The molecule has 5 rings (SSSR count). The molecule has 0 fully saturated rings. The fourth-order valence-corrected chi connectivity index (χ4v) is 3.84. The molecule has 2 aromatic heterocycles. The summed E-state index contributed by atoms with van der Waals surface area (Å²) in [6.07, 6.45) is 3.44. The monoisotopic (exact) mass is 474 g/mol. The number of pyridine rings is 2. The van der Waals surface area contributed by atoms with Gasteiger partial charge in [0.15, 0.2) is 0 Å². The van der Waals surface area contributed by atoms with Crippen molar-refractivity contribution in [3.8, 4) is 23.1 Å². The van der Waals surface area contributed by atoms with Crippen LogP contribution in [0.25, 0.3) is 22.0 Å². The van der Waals surface area contributed by atoms with Gasteiger partial charge in [-0.1, -0.05) is 47.7 Å². The highest BCUT2D eigenvalue weighted by Crippen LogP contribution is 2.25. The standard InChI is InChI=1S/C29H19ClN4O/c30-23-13-12-22-18-33-28(31)25(26(22)17-23)14-9-19-7-10-20(11-8-19)29(35)34-24-5-3-4-21(16-24)27-6-1-2-15-32-27/h1-8,10-13,15-18H,(H2,31,33)(H,34,35). The predicted octanol–water partition coefficient (Wildman–Crippen LogP) is 6.18. The van der Waals surface area contributed by atoms with E-state index >= 15 is 0 Å². The molecule has 5 aromatic rings. The number of nitrogens with one attached hydrogen (secondary N) is 1. The van der Waals surface area contributed by atoms with Crippen molar-refractivity contribution in [2.24, 2.45) is 0 Å². The van der Waals surface area contributed by atoms with Crippen LogP contribution in [0.5, 0.6) is 0 Å². The van der Waals surface area contributed by atoms with Gasteiger partial charge in [-0.3, -0.25) is 9.78 Å². The highest BCUT2D eigenvalue weighted by molar-refractivity contribution is 6.31. The lowest BCUT2D eigenvalue weighted by atomic mass is 10.1. The van der Waals surface area contributed by atoms with Crippen molar-refractivity contribution < 1.29 is 4.79 Å². The SMILES string of the molecule is Nc1ncc2ccc(Cl)cc2c1C#Cc1ccc(C(=O)Nc2cccc(-c3ccccn3)c2)cc1. The van der Waals surface area contributed by atoms with Crippen LogP contribution in [0.3, 0.4) is 0 Å². The molecule has 0 aliphatic carbocycles. The maximum atomic E-state index is 12.8. The number of nitrogens with two attached hydrogens (primary N) is 1. The molecule has 5 nitrogen and oxygen atoms in total. The molecule has 0 saturated carbocycles. The second-order valence-corrected chi connectivity index (χ2v) is 8.26. The van der Waals surface area contributed by atoms with Gasteiger partial charge in [-0.15, -0.1) is 0 Å². The molecule has 0 saturated heterocycles. The Labute approximate surface area is 207 Å². The summed E-state index contributed by atoms with van der Waals surface area (Å²) < 4.78 is 0. The number of carbonyl (C=O) groups excluding carboxylic acids is 1. The van der Waals surface area contributed by atoms with Crippen LogP contribution in [-0.2, 0) is 0 Å². The minimum Gasteiger partial charge on any atom is -0.383 e. The Morgan fingerprint density at radius 1 is 0.886 bits per heavy atom. The zero-order valence-corrected chi connectivity index (χ0v) is 19.3. The first-order chi connectivity index (χ1) is 17.1. The van der Waals surface area contributed by atoms with E-state index in [0.29, 0.717) is 27.7 Å². The third kappa shape index (κ3) is 4.98. The smallest absolute Gasteiger partial charge is 0.255 e. The van der Waals surface area contributed by atoms with Crippen LogP contribution in [-0.4, -0.2) is 15.9 Å². The van der Waals surface area contributed by atoms with Crippen molar-refractivity contribution in [3.63, 3.8) is 0 Å². The van der Waals surface area contributed by atoms with Crippen LogP contribution >= 0.6 is 11.6 Å². The molecule has 6 heteroatoms. The summed E-state index contributed by atoms with van der Waals surface area (Å²) in [5, 5.41) is 5.30. The molecule has 1 amide bonds. The summed E-state index contributed by atoms with van der Waals surface area (Å²) in [6, 6.07) is 25.9. The maximum absolute atomic E-state index is 12.8. The molecule has 0 aliphatic rings. The predicted molar refractivity (Wildman–Crippen MR) is 141 cm³/mol. The summed E-state index contributed by atoms with van der Waals surface area (Å²) >= 11 is 6.15. The zero-order chi connectivity index (χ0) is 24.2. The lowest BCUT2D eigenvalue weighted by Crippen LogP contribution is -2.11. The van der Waals surface area contributed by atoms with Crippen LogP contribution in [0.15, 0.2) is 97.3 Å². The molecule has 168 valence electrons. The fraction of sp³-hybridized carbons (Fsp3) is 0. The van der Waals surface area contributed by atoms with Crippen LogP contribution < -0.4 is 11.1 Å². The summed E-state index contributed by atoms with van der Waals surface area (Å²) in [5.41, 5.74) is 10.4. The lowest BCUT2D eigenvalue weighted by Gasteiger charge is -2.07. The number of aromatic nitrogens is 2. The third-order valence-electron chi connectivity index (χ3n) is 5.44. The number of nitrogens with zero attached hydrogens (tertiary/aromatic N) is 2. The topological polar surface area (TPSA) is 80.9 Å². The number of fused-ring (bicyclic) bond motifs is 1. The minimum atomic E-state index is -0.209. The van der Waals surface area contributed by atoms with Crippen LogP contribution in [0, 0.1) is 11.8 Å². The van der Waals surface area contributed by atoms with E-state index in [1.807, 2.05) is 54.6 Å². The Bertz CT molecular complexity index is 1600. The van der Waals surface area contributed by atoms with Crippen LogP contribution in [0.2, 0.25) is 5.02 Å². The lowest BCUT2D eigenvalue weighted by molar-refractivity contribution is 0.102. The van der Waals surface area contributed by atoms with Gasteiger partial charge in [-0.2, -0.15) is 0 Å². The summed E-state index contributed by atoms with van der Waals surface area (Å²) in [5.74, 6) is 6.35. The number of halogens is 1. The van der Waals surface area contributed by atoms with E-state index in [0.717, 1.165) is 27.6 Å². The van der Waals surface area contributed by atoms with Gasteiger partial charge >= 0.3 is 0 Å². The number of hydrogen-bond acceptors (Lipinski definition) is 4. The second-order valence-electron chi connectivity index (χ2n) is 7.83. The number of nitrogen functional groups attached to an aromatic ring is 1. The fourth-order valence-electron chi connectivity index (χ4n) is 3.66. The average Bonchev–Trinajstić information content (AvgIpc) is 2.89. The molecule has 2 heterocycles. The quantitative estimate of drug-likeness (QED) is 0.306. The molecule has 0 radical (unpaired) electrons. The van der Waals surface area contributed by atoms with Gasteiger partial charge < -0.3 is 11.1 Å². The van der Waals surface area contributed by atoms with Gasteiger partial charge in [0.1, 0.15) is 5.82 Å². The molecule has 3 N–H and O–H groups in total. The summed E-state index contributed by atoms with van der Waals surface area (Å²) in [4.78, 5) is 21.4. The van der Waals surface area contributed by atoms with E-state index < -0.39 is 0 Å². The number of hydrogen-bond donors (Lipinski definition) is 2. The molecule has 0 spiro atoms. The number of carbonyl (C=O) groups is 1. The number of benzene rings is 3. The van der Waals surface area contributed by atoms with Gasteiger partial charge in [0.05, 0.1) is 11.3 Å². The van der Waals surface area contributed by atoms with Crippen LogP contribution in [0.1, 0.15) is 21.5 Å². The van der Waals surface area contributed by atoms with E-state index in [1.165, 1.54) is 0 Å². The van der Waals surface area contributed by atoms with Gasteiger partial charge in [0, 0.05) is 50.6 Å². The average molecular weight is 475 g/mol. The van der Waals surface area contributed by atoms with Crippen molar-refractivity contribution in [3.05, 3.63) is 119 Å². The molecule has 0 bridgehead atoms. The molecule has 35 heavy (non-hydrogen) atoms. The molecular weight excluding hydrogens is 456 g/mol. The van der Waals surface area contributed by atoms with Crippen molar-refractivity contribution in [1.82, 2.24) is 9.97 Å². The minimum absolute atomic E-state index is 0.209. The zero-order valence-electron chi connectivity index (χ0n) is 18.5. The van der Waals surface area contributed by atoms with E-state index in [4.69, 9.17) is 17.3 Å². The van der Waals surface area contributed by atoms with Gasteiger partial charge in [0.2, 0.25) is 0 Å². The number of anilines is 2. The molecular formula is C29H19ClN4O. The van der Waals surface area contributed by atoms with Gasteiger partial charge in [-0.25, -0.2) is 4.98 Å². The Morgan fingerprint density at radius 2 is 1.74 bits per heavy atom. The second kappa shape index (κ2) is 9.68. The Kier molecular flexibility index (Phi) is 6.13. The largest absolute Gasteiger partial charge is 0.383 e. The van der Waals surface area contributed by atoms with Crippen LogP contribution in [0.4, 0.5) is 11.5 Å². The summed E-state index contributed by atoms with van der Waals surface area (Å²) in [7, 11) is 0. The first-order valence-electron chi connectivity index (χ1n) is 10.9. The van der Waals surface area contributed by atoms with E-state index in [-0.39, 0.29) is 5.91 Å². The van der Waals surface area contributed by atoms with Gasteiger partial charge in [-0.05, 0) is 60.7 Å². The maximum Gasteiger partial charge on any atom is 0.255 e. The molecule has 0 aliphatic heterocycles. The van der Waals surface area contributed by atoms with E-state index in [9.17, 15) is 4.79 Å². The van der Waals surface area contributed by atoms with Crippen molar-refractivity contribution in [1.29, 1.82) is 0 Å². The first kappa shape index (κ1) is 22.1. The molecule has 3 aromatic carbocycles. The first-order valence-corrected chi connectivity index (χ1v) is 11.2. The molecule has 0 unspecified atom stereocenters. The highest BCUT2D eigenvalue weighted by atomic mass is 35.5. The number of amides is 1. The summed E-state index contributed by atoms with van der Waals surface area (Å²) in [6.45, 7) is 0. The van der Waals surface area contributed by atoms with E-state index in [1.54, 1.807) is 42.7 Å². The molecule has 0 atom stereocenters. The van der Waals surface area contributed by atoms with E-state index in [2.05, 4.69) is 27.1 Å². The normalized spacial score (nSPS) is 10.4. The van der Waals surface area contributed by atoms with Gasteiger partial charge in [0.25, 0.3) is 5.91 Å². The van der Waals surface area contributed by atoms with Crippen molar-refractivity contribution >= 4 is 39.8 Å². The van der Waals surface area contributed by atoms with Crippen molar-refractivity contribution in [2.45, 2.75) is 0 Å². The van der Waals surface area contributed by atoms with Crippen molar-refractivity contribution in [2.75, 3.05) is 11.1 Å². The highest BCUT2D eigenvalue weighted by Gasteiger charge is 2.08. The Morgan fingerprint density at radius 3 is 2.54 bits per heavy atom. The Balaban J connectivity index is 1.34. The third-order valence-corrected chi connectivity index (χ3v) is 5.68. The number of rotatable bonds is 3.